The minimum Gasteiger partial charge on any atom is -0.363 e. The molecule has 0 spiro atoms. The SMILES string of the molecule is O=C(NC12CC3CC(CC(C3)C1)C2)c1cc2n(n1)[C@H](C(F)(F)F)C[C@@H](c1ccccc1)N2. The molecule has 4 fully saturated rings. The number of carbonyl (C=O) groups is 1. The maximum Gasteiger partial charge on any atom is 0.410 e. The van der Waals surface area contributed by atoms with Crippen LogP contribution in [0, 0.1) is 17.8 Å². The van der Waals surface area contributed by atoms with Crippen LogP contribution in [-0.4, -0.2) is 27.4 Å². The van der Waals surface area contributed by atoms with E-state index in [1.807, 2.05) is 30.3 Å². The van der Waals surface area contributed by atoms with Gasteiger partial charge < -0.3 is 10.6 Å². The summed E-state index contributed by atoms with van der Waals surface area (Å²) in [5, 5.41) is 10.5. The normalized spacial score (nSPS) is 35.3. The van der Waals surface area contributed by atoms with Crippen molar-refractivity contribution >= 4 is 11.7 Å². The molecule has 5 aliphatic rings. The third-order valence-electron chi connectivity index (χ3n) is 8.04. The molecular formula is C24H27F3N4O. The van der Waals surface area contributed by atoms with E-state index in [2.05, 4.69) is 15.7 Å². The van der Waals surface area contributed by atoms with Gasteiger partial charge in [0.25, 0.3) is 5.91 Å². The number of hydrogen-bond acceptors (Lipinski definition) is 3. The molecule has 0 radical (unpaired) electrons. The Bertz CT molecular complexity index is 996. The minimum absolute atomic E-state index is 0.0613. The Hall–Kier alpha value is -2.51. The summed E-state index contributed by atoms with van der Waals surface area (Å²) in [4.78, 5) is 13.2. The quantitative estimate of drug-likeness (QED) is 0.681. The third-order valence-corrected chi connectivity index (χ3v) is 8.04. The maximum atomic E-state index is 13.9. The number of aromatic nitrogens is 2. The van der Waals surface area contributed by atoms with Gasteiger partial charge in [-0.3, -0.25) is 4.79 Å². The molecule has 4 saturated carbocycles. The molecule has 8 heteroatoms. The lowest BCUT2D eigenvalue weighted by molar-refractivity contribution is -0.173. The Morgan fingerprint density at radius 3 is 2.25 bits per heavy atom. The summed E-state index contributed by atoms with van der Waals surface area (Å²) in [5.74, 6) is 1.88. The van der Waals surface area contributed by atoms with Gasteiger partial charge in [0.1, 0.15) is 5.82 Å². The first-order valence-electron chi connectivity index (χ1n) is 11.6. The Balaban J connectivity index is 1.28. The van der Waals surface area contributed by atoms with Crippen LogP contribution in [0.5, 0.6) is 0 Å². The van der Waals surface area contributed by atoms with Gasteiger partial charge in [0.05, 0.1) is 6.04 Å². The molecule has 7 rings (SSSR count). The molecule has 2 atom stereocenters. The summed E-state index contributed by atoms with van der Waals surface area (Å²) >= 11 is 0. The molecule has 1 amide bonds. The molecule has 32 heavy (non-hydrogen) atoms. The molecule has 2 heterocycles. The largest absolute Gasteiger partial charge is 0.410 e. The van der Waals surface area contributed by atoms with Crippen LogP contribution in [0.1, 0.15) is 73.1 Å². The summed E-state index contributed by atoms with van der Waals surface area (Å²) in [6, 6.07) is 8.31. The van der Waals surface area contributed by atoms with Crippen LogP contribution in [0.2, 0.25) is 0 Å². The molecular weight excluding hydrogens is 417 g/mol. The first kappa shape index (κ1) is 20.1. The molecule has 170 valence electrons. The Kier molecular flexibility index (Phi) is 4.40. The van der Waals surface area contributed by atoms with Gasteiger partial charge >= 0.3 is 6.18 Å². The van der Waals surface area contributed by atoms with Gasteiger partial charge in [-0.25, -0.2) is 4.68 Å². The van der Waals surface area contributed by atoms with Crippen molar-refractivity contribution in [2.75, 3.05) is 5.32 Å². The van der Waals surface area contributed by atoms with Gasteiger partial charge in [0, 0.05) is 18.0 Å². The van der Waals surface area contributed by atoms with Gasteiger partial charge in [0.2, 0.25) is 0 Å². The fraction of sp³-hybridized carbons (Fsp3) is 0.583. The lowest BCUT2D eigenvalue weighted by Gasteiger charge is -2.56. The number of benzene rings is 1. The van der Waals surface area contributed by atoms with Crippen LogP contribution in [0.15, 0.2) is 36.4 Å². The molecule has 1 aromatic heterocycles. The van der Waals surface area contributed by atoms with Crippen LogP contribution in [0.25, 0.3) is 0 Å². The predicted molar refractivity (Wildman–Crippen MR) is 113 cm³/mol. The van der Waals surface area contributed by atoms with Gasteiger partial charge in [0.15, 0.2) is 11.7 Å². The van der Waals surface area contributed by atoms with Gasteiger partial charge in [-0.2, -0.15) is 18.3 Å². The summed E-state index contributed by atoms with van der Waals surface area (Å²) in [5.41, 5.74) is 0.638. The van der Waals surface area contributed by atoms with E-state index in [0.29, 0.717) is 17.8 Å². The minimum atomic E-state index is -4.45. The van der Waals surface area contributed by atoms with Gasteiger partial charge in [-0.15, -0.1) is 0 Å². The zero-order valence-corrected chi connectivity index (χ0v) is 17.7. The van der Waals surface area contributed by atoms with Crippen LogP contribution in [-0.2, 0) is 0 Å². The van der Waals surface area contributed by atoms with Crippen LogP contribution < -0.4 is 10.6 Å². The fourth-order valence-corrected chi connectivity index (χ4v) is 7.16. The zero-order valence-electron chi connectivity index (χ0n) is 17.7. The fourth-order valence-electron chi connectivity index (χ4n) is 7.16. The van der Waals surface area contributed by atoms with Crippen molar-refractivity contribution in [1.29, 1.82) is 0 Å². The molecule has 4 bridgehead atoms. The molecule has 0 saturated heterocycles. The van der Waals surface area contributed by atoms with E-state index < -0.39 is 18.3 Å². The van der Waals surface area contributed by atoms with E-state index in [9.17, 15) is 18.0 Å². The Morgan fingerprint density at radius 2 is 1.66 bits per heavy atom. The van der Waals surface area contributed by atoms with Crippen LogP contribution >= 0.6 is 0 Å². The molecule has 2 N–H and O–H groups in total. The highest BCUT2D eigenvalue weighted by molar-refractivity contribution is 5.93. The third kappa shape index (κ3) is 3.39. The first-order valence-corrected chi connectivity index (χ1v) is 11.6. The number of hydrogen-bond donors (Lipinski definition) is 2. The number of carbonyl (C=O) groups excluding carboxylic acids is 1. The van der Waals surface area contributed by atoms with Crippen molar-refractivity contribution in [2.45, 2.75) is 68.7 Å². The number of rotatable bonds is 3. The van der Waals surface area contributed by atoms with E-state index in [1.165, 1.54) is 25.3 Å². The average molecular weight is 445 g/mol. The van der Waals surface area contributed by atoms with Crippen molar-refractivity contribution in [1.82, 2.24) is 15.1 Å². The summed E-state index contributed by atoms with van der Waals surface area (Å²) in [6.07, 6.45) is 2.10. The van der Waals surface area contributed by atoms with Crippen molar-refractivity contribution in [2.24, 2.45) is 17.8 Å². The highest BCUT2D eigenvalue weighted by Crippen LogP contribution is 2.55. The lowest BCUT2D eigenvalue weighted by Crippen LogP contribution is -2.59. The second-order valence-electron chi connectivity index (χ2n) is 10.4. The van der Waals surface area contributed by atoms with E-state index in [1.54, 1.807) is 0 Å². The maximum absolute atomic E-state index is 13.9. The number of amides is 1. The monoisotopic (exact) mass is 444 g/mol. The van der Waals surface area contributed by atoms with Gasteiger partial charge in [-0.1, -0.05) is 30.3 Å². The molecule has 1 aromatic carbocycles. The van der Waals surface area contributed by atoms with Crippen molar-refractivity contribution in [3.63, 3.8) is 0 Å². The number of nitrogens with zero attached hydrogens (tertiary/aromatic N) is 2. The zero-order chi connectivity index (χ0) is 22.1. The standard InChI is InChI=1S/C24H27F3N4O/c25-24(26,27)20-9-18(17-4-2-1-3-5-17)28-21-10-19(30-31(20)21)22(32)29-23-11-14-6-15(12-23)8-16(7-14)13-23/h1-5,10,14-16,18,20,28H,6-9,11-13H2,(H,29,32)/t14?,15?,16?,18-,20-,23?/m0/s1. The molecule has 2 aromatic rings. The Labute approximate surface area is 184 Å². The summed E-state index contributed by atoms with van der Waals surface area (Å²) in [7, 11) is 0. The number of halogens is 3. The lowest BCUT2D eigenvalue weighted by atomic mass is 9.53. The van der Waals surface area contributed by atoms with Crippen molar-refractivity contribution in [3.8, 4) is 0 Å². The highest BCUT2D eigenvalue weighted by atomic mass is 19.4. The second-order valence-corrected chi connectivity index (χ2v) is 10.4. The molecule has 1 aliphatic heterocycles. The van der Waals surface area contributed by atoms with E-state index >= 15 is 0 Å². The number of alkyl halides is 3. The number of nitrogens with one attached hydrogen (secondary N) is 2. The first-order chi connectivity index (χ1) is 15.3. The average Bonchev–Trinajstić information content (AvgIpc) is 3.16. The van der Waals surface area contributed by atoms with Crippen LogP contribution in [0.3, 0.4) is 0 Å². The number of anilines is 1. The molecule has 5 nitrogen and oxygen atoms in total. The van der Waals surface area contributed by atoms with Crippen LogP contribution in [0.4, 0.5) is 19.0 Å². The smallest absolute Gasteiger partial charge is 0.363 e. The van der Waals surface area contributed by atoms with E-state index in [-0.39, 0.29) is 29.4 Å². The Morgan fingerprint density at radius 1 is 1.03 bits per heavy atom. The summed E-state index contributed by atoms with van der Waals surface area (Å²) in [6.45, 7) is 0. The summed E-state index contributed by atoms with van der Waals surface area (Å²) < 4.78 is 42.7. The predicted octanol–water partition coefficient (Wildman–Crippen LogP) is 5.24. The van der Waals surface area contributed by atoms with Crippen molar-refractivity contribution in [3.05, 3.63) is 47.7 Å². The molecule has 4 aliphatic carbocycles. The topological polar surface area (TPSA) is 59.0 Å². The number of fused-ring (bicyclic) bond motifs is 1. The second kappa shape index (κ2) is 6.99. The van der Waals surface area contributed by atoms with Crippen molar-refractivity contribution < 1.29 is 18.0 Å². The molecule has 0 unspecified atom stereocenters. The van der Waals surface area contributed by atoms with E-state index in [4.69, 9.17) is 0 Å². The van der Waals surface area contributed by atoms with Gasteiger partial charge in [-0.05, 0) is 61.8 Å². The highest BCUT2D eigenvalue weighted by Gasteiger charge is 2.52. The van der Waals surface area contributed by atoms with E-state index in [0.717, 1.165) is 29.5 Å².